The monoisotopic (exact) mass is 1290 g/mol. The standard InChI is InChI=1S/C75H122N3O12P/c1-4-7-10-13-16-19-22-25-37-50-68(85-60-64-43-31-28-32-44-64)58-71(79)77-67(63-86-74-53-40-41-56-84-74)49-42-55-76-75(82)70(54-57-87-91(83,88-61-65-45-33-29-34-46-65)89-62-66-47-35-30-36-48-66)78-72(80)59-69(51-38-26-23-20-17-14-11-8-5-2)90-73(81)52-39-27-24-21-18-15-12-9-6-3/h28-36,43-48,67-70,74H,4-27,37-42,49-63H2,1-3H3,(H,76,82)(H,77,79)(H,78,80)/t67-,68+,69-,70+,74?/m1/s1. The summed E-state index contributed by atoms with van der Waals surface area (Å²) in [7, 11) is -4.23. The number of esters is 1. The minimum Gasteiger partial charge on any atom is -0.462 e. The van der Waals surface area contributed by atoms with E-state index in [1.807, 2.05) is 91.0 Å². The lowest BCUT2D eigenvalue weighted by Gasteiger charge is -2.27. The Hall–Kier alpha value is -4.47. The maximum atomic E-state index is 14.4. The molecule has 3 aromatic carbocycles. The molecule has 16 heteroatoms. The van der Waals surface area contributed by atoms with E-state index in [4.69, 9.17) is 32.5 Å². The lowest BCUT2D eigenvalue weighted by Crippen LogP contribution is -2.48. The first-order valence-electron chi connectivity index (χ1n) is 36.1. The molecule has 0 saturated carbocycles. The fourth-order valence-corrected chi connectivity index (χ4v) is 12.6. The van der Waals surface area contributed by atoms with Crippen LogP contribution < -0.4 is 16.0 Å². The zero-order valence-corrected chi connectivity index (χ0v) is 57.6. The van der Waals surface area contributed by atoms with Gasteiger partial charge in [0.05, 0.1) is 58.0 Å². The molecule has 15 nitrogen and oxygen atoms in total. The molecule has 514 valence electrons. The molecular weight excluding hydrogens is 1170 g/mol. The van der Waals surface area contributed by atoms with Gasteiger partial charge in [0.15, 0.2) is 6.29 Å². The second-order valence-corrected chi connectivity index (χ2v) is 27.0. The summed E-state index contributed by atoms with van der Waals surface area (Å²) in [6, 6.07) is 27.1. The Morgan fingerprint density at radius 2 is 0.967 bits per heavy atom. The molecule has 0 aliphatic carbocycles. The quantitative estimate of drug-likeness (QED) is 0.0276. The van der Waals surface area contributed by atoms with Crippen molar-refractivity contribution in [2.45, 2.75) is 315 Å². The number of nitrogens with one attached hydrogen (secondary N) is 3. The van der Waals surface area contributed by atoms with Crippen LogP contribution in [0.3, 0.4) is 0 Å². The van der Waals surface area contributed by atoms with Crippen molar-refractivity contribution in [1.82, 2.24) is 16.0 Å². The maximum absolute atomic E-state index is 14.4. The van der Waals surface area contributed by atoms with Gasteiger partial charge in [0.2, 0.25) is 17.7 Å². The molecule has 3 aromatic rings. The van der Waals surface area contributed by atoms with Crippen LogP contribution in [0.25, 0.3) is 0 Å². The molecule has 3 amide bonds. The van der Waals surface area contributed by atoms with Gasteiger partial charge in [-0.3, -0.25) is 32.7 Å². The number of carbonyl (C=O) groups is 4. The number of hydrogen-bond donors (Lipinski definition) is 3. The highest BCUT2D eigenvalue weighted by Crippen LogP contribution is 2.51. The highest BCUT2D eigenvalue weighted by molar-refractivity contribution is 7.48. The average molecular weight is 1290 g/mol. The largest absolute Gasteiger partial charge is 0.475 e. The molecule has 91 heavy (non-hydrogen) atoms. The van der Waals surface area contributed by atoms with Gasteiger partial charge in [0.1, 0.15) is 12.1 Å². The number of benzene rings is 3. The second-order valence-electron chi connectivity index (χ2n) is 25.3. The fraction of sp³-hybridized carbons (Fsp3) is 0.707. The molecule has 1 unspecified atom stereocenters. The number of phosphoric ester groups is 1. The molecule has 1 heterocycles. The minimum absolute atomic E-state index is 0.0477. The van der Waals surface area contributed by atoms with Crippen LogP contribution >= 0.6 is 7.82 Å². The average Bonchev–Trinajstić information content (AvgIpc) is 3.65. The lowest BCUT2D eigenvalue weighted by molar-refractivity contribution is -0.167. The predicted octanol–water partition coefficient (Wildman–Crippen LogP) is 18.4. The smallest absolute Gasteiger partial charge is 0.462 e. The lowest BCUT2D eigenvalue weighted by atomic mass is 10.0. The molecule has 0 spiro atoms. The summed E-state index contributed by atoms with van der Waals surface area (Å²) in [5.74, 6) is -1.35. The zero-order chi connectivity index (χ0) is 64.9. The Bertz CT molecular complexity index is 2260. The molecule has 4 rings (SSSR count). The van der Waals surface area contributed by atoms with Crippen LogP contribution in [0.4, 0.5) is 0 Å². The zero-order valence-electron chi connectivity index (χ0n) is 56.7. The van der Waals surface area contributed by atoms with Gasteiger partial charge in [0, 0.05) is 26.0 Å². The van der Waals surface area contributed by atoms with Crippen molar-refractivity contribution in [3.05, 3.63) is 108 Å². The molecule has 0 bridgehead atoms. The maximum Gasteiger partial charge on any atom is 0.475 e. The van der Waals surface area contributed by atoms with Crippen molar-refractivity contribution in [1.29, 1.82) is 0 Å². The molecule has 1 aliphatic rings. The highest BCUT2D eigenvalue weighted by atomic mass is 31.2. The van der Waals surface area contributed by atoms with Crippen molar-refractivity contribution >= 4 is 31.5 Å². The first-order valence-corrected chi connectivity index (χ1v) is 37.6. The van der Waals surface area contributed by atoms with Crippen molar-refractivity contribution in [2.24, 2.45) is 0 Å². The first kappa shape index (κ1) is 79.0. The van der Waals surface area contributed by atoms with E-state index in [0.717, 1.165) is 107 Å². The molecule has 0 aromatic heterocycles. The van der Waals surface area contributed by atoms with E-state index in [2.05, 4.69) is 36.7 Å². The SMILES string of the molecule is CCCCCCCCCCCC(=O)O[C@H](CCCCCCCCCCC)CC(=O)N[C@@H](CCOP(=O)(OCc1ccccc1)OCc1ccccc1)C(=O)NCCC[C@H](COC1CCCCO1)NC(=O)C[C@H](CCCCCCCCCCC)OCc1ccccc1. The number of hydrogen-bond acceptors (Lipinski definition) is 12. The Morgan fingerprint density at radius 1 is 0.505 bits per heavy atom. The number of phosphoric acid groups is 1. The number of amides is 3. The van der Waals surface area contributed by atoms with Gasteiger partial charge in [0.25, 0.3) is 0 Å². The number of rotatable bonds is 58. The van der Waals surface area contributed by atoms with E-state index in [0.29, 0.717) is 38.9 Å². The summed E-state index contributed by atoms with van der Waals surface area (Å²) in [4.78, 5) is 56.2. The van der Waals surface area contributed by atoms with Crippen molar-refractivity contribution < 1.29 is 56.3 Å². The van der Waals surface area contributed by atoms with Gasteiger partial charge >= 0.3 is 13.8 Å². The Morgan fingerprint density at radius 3 is 1.47 bits per heavy atom. The van der Waals surface area contributed by atoms with Gasteiger partial charge in [-0.2, -0.15) is 0 Å². The summed E-state index contributed by atoms with van der Waals surface area (Å²) >= 11 is 0. The van der Waals surface area contributed by atoms with Gasteiger partial charge in [-0.15, -0.1) is 0 Å². The van der Waals surface area contributed by atoms with E-state index >= 15 is 0 Å². The van der Waals surface area contributed by atoms with Crippen LogP contribution in [0, 0.1) is 0 Å². The van der Waals surface area contributed by atoms with Crippen molar-refractivity contribution in [3.63, 3.8) is 0 Å². The molecule has 1 saturated heterocycles. The molecule has 5 atom stereocenters. The van der Waals surface area contributed by atoms with Crippen molar-refractivity contribution in [3.8, 4) is 0 Å². The van der Waals surface area contributed by atoms with E-state index in [-0.39, 0.29) is 82.5 Å². The Labute approximate surface area is 550 Å². The van der Waals surface area contributed by atoms with Crippen LogP contribution in [0.5, 0.6) is 0 Å². The van der Waals surface area contributed by atoms with E-state index in [1.54, 1.807) is 0 Å². The van der Waals surface area contributed by atoms with Gasteiger partial charge in [-0.05, 0) is 74.5 Å². The number of ether oxygens (including phenoxy) is 4. The fourth-order valence-electron chi connectivity index (χ4n) is 11.4. The summed E-state index contributed by atoms with van der Waals surface area (Å²) in [6.45, 7) is 7.83. The second kappa shape index (κ2) is 52.9. The normalized spacial score (nSPS) is 14.7. The molecule has 1 fully saturated rings. The summed E-state index contributed by atoms with van der Waals surface area (Å²) in [5.41, 5.74) is 2.59. The van der Waals surface area contributed by atoms with Crippen LogP contribution in [-0.2, 0) is 76.1 Å². The van der Waals surface area contributed by atoms with E-state index < -0.39 is 31.8 Å². The van der Waals surface area contributed by atoms with Crippen molar-refractivity contribution in [2.75, 3.05) is 26.4 Å². The molecule has 1 aliphatic heterocycles. The Balaban J connectivity index is 1.46. The van der Waals surface area contributed by atoms with Gasteiger partial charge in [-0.1, -0.05) is 272 Å². The third-order valence-electron chi connectivity index (χ3n) is 17.0. The minimum atomic E-state index is -4.23. The summed E-state index contributed by atoms with van der Waals surface area (Å²) < 4.78 is 56.9. The number of carbonyl (C=O) groups excluding carboxylic acids is 4. The summed E-state index contributed by atoms with van der Waals surface area (Å²) in [5, 5.41) is 9.25. The number of unbranched alkanes of at least 4 members (excludes halogenated alkanes) is 24. The predicted molar refractivity (Wildman–Crippen MR) is 366 cm³/mol. The molecule has 0 radical (unpaired) electrons. The van der Waals surface area contributed by atoms with Crippen LogP contribution in [-0.4, -0.2) is 80.6 Å². The van der Waals surface area contributed by atoms with Crippen LogP contribution in [0.1, 0.15) is 281 Å². The topological polar surface area (TPSA) is 186 Å². The Kier molecular flexibility index (Phi) is 45.9. The van der Waals surface area contributed by atoms with Crippen LogP contribution in [0.2, 0.25) is 0 Å². The van der Waals surface area contributed by atoms with E-state index in [9.17, 15) is 23.7 Å². The van der Waals surface area contributed by atoms with Gasteiger partial charge in [-0.25, -0.2) is 4.57 Å². The third kappa shape index (κ3) is 41.1. The molecular formula is C75H122N3O12P. The molecule has 3 N–H and O–H groups in total. The first-order chi connectivity index (χ1) is 44.6. The van der Waals surface area contributed by atoms with E-state index in [1.165, 1.54) is 109 Å². The third-order valence-corrected chi connectivity index (χ3v) is 18.4. The highest BCUT2D eigenvalue weighted by Gasteiger charge is 2.31. The van der Waals surface area contributed by atoms with Gasteiger partial charge < -0.3 is 34.9 Å². The van der Waals surface area contributed by atoms with Crippen LogP contribution in [0.15, 0.2) is 91.0 Å². The summed E-state index contributed by atoms with van der Waals surface area (Å²) in [6.07, 6.45) is 35.3.